The zero-order chi connectivity index (χ0) is 12.1. The number of benzene rings is 1. The second-order valence-electron chi connectivity index (χ2n) is 3.21. The molecule has 6 heteroatoms. The minimum absolute atomic E-state index is 0.129. The zero-order valence-corrected chi connectivity index (χ0v) is 10.0. The largest absolute Gasteiger partial charge is 0.480 e. The quantitative estimate of drug-likeness (QED) is 0.829. The molecule has 0 saturated heterocycles. The lowest BCUT2D eigenvalue weighted by Gasteiger charge is -2.09. The lowest BCUT2D eigenvalue weighted by atomic mass is 10.2. The number of rotatable bonds is 5. The van der Waals surface area contributed by atoms with E-state index < -0.39 is 22.0 Å². The summed E-state index contributed by atoms with van der Waals surface area (Å²) >= 11 is 5.70. The third kappa shape index (κ3) is 3.59. The Morgan fingerprint density at radius 1 is 1.44 bits per heavy atom. The van der Waals surface area contributed by atoms with Crippen LogP contribution in [0.15, 0.2) is 24.3 Å². The number of carboxylic acids is 1. The molecular formula is C10H12ClNO3S. The van der Waals surface area contributed by atoms with Gasteiger partial charge in [0.05, 0.1) is 0 Å². The third-order valence-corrected chi connectivity index (χ3v) is 3.93. The van der Waals surface area contributed by atoms with E-state index in [0.29, 0.717) is 5.02 Å². The number of nitrogens with two attached hydrogens (primary N) is 1. The van der Waals surface area contributed by atoms with Crippen LogP contribution < -0.4 is 5.73 Å². The average molecular weight is 262 g/mol. The summed E-state index contributed by atoms with van der Waals surface area (Å²) in [6, 6.07) is 6.78. The predicted molar refractivity (Wildman–Crippen MR) is 63.8 cm³/mol. The van der Waals surface area contributed by atoms with Crippen LogP contribution in [0.4, 0.5) is 0 Å². The molecule has 1 rings (SSSR count). The number of carboxylic acid groups (broad SMARTS) is 1. The molecule has 0 fully saturated rings. The van der Waals surface area contributed by atoms with Crippen molar-refractivity contribution in [1.82, 2.24) is 0 Å². The first-order valence-corrected chi connectivity index (χ1v) is 6.35. The first-order valence-electron chi connectivity index (χ1n) is 4.59. The highest BCUT2D eigenvalue weighted by Crippen LogP contribution is 2.12. The summed E-state index contributed by atoms with van der Waals surface area (Å²) in [5, 5.41) is 8.34. The van der Waals surface area contributed by atoms with Crippen LogP contribution in [0.25, 0.3) is 0 Å². The third-order valence-electron chi connectivity index (χ3n) is 2.03. The molecule has 1 aromatic carbocycles. The Kier molecular flexibility index (Phi) is 4.92. The van der Waals surface area contributed by atoms with E-state index in [4.69, 9.17) is 22.4 Å². The molecule has 4 nitrogen and oxygen atoms in total. The Balaban J connectivity index is 2.70. The fourth-order valence-electron chi connectivity index (χ4n) is 1.17. The molecular weight excluding hydrogens is 250 g/mol. The summed E-state index contributed by atoms with van der Waals surface area (Å²) in [5.74, 6) is -0.958. The normalized spacial score (nSPS) is 14.4. The van der Waals surface area contributed by atoms with Crippen molar-refractivity contribution in [3.8, 4) is 0 Å². The standard InChI is InChI=1S/C10H12ClNO3S/c11-8-3-1-7(2-4-8)6-16(15)9(5-12)10(13)14/h1-4,9H,5-6,12H2,(H,13,14). The maximum atomic E-state index is 11.7. The van der Waals surface area contributed by atoms with Crippen LogP contribution in [0.5, 0.6) is 0 Å². The van der Waals surface area contributed by atoms with Gasteiger partial charge in [0.25, 0.3) is 0 Å². The van der Waals surface area contributed by atoms with Crippen molar-refractivity contribution in [2.24, 2.45) is 5.73 Å². The first kappa shape index (κ1) is 13.2. The molecule has 0 radical (unpaired) electrons. The van der Waals surface area contributed by atoms with Gasteiger partial charge in [-0.15, -0.1) is 0 Å². The number of hydrogen-bond acceptors (Lipinski definition) is 3. The summed E-state index contributed by atoms with van der Waals surface area (Å²) < 4.78 is 11.7. The van der Waals surface area contributed by atoms with E-state index in [-0.39, 0.29) is 12.3 Å². The fourth-order valence-corrected chi connectivity index (χ4v) is 2.45. The minimum Gasteiger partial charge on any atom is -0.480 e. The molecule has 0 bridgehead atoms. The van der Waals surface area contributed by atoms with Crippen LogP contribution in [0.1, 0.15) is 5.56 Å². The molecule has 16 heavy (non-hydrogen) atoms. The summed E-state index contributed by atoms with van der Waals surface area (Å²) in [4.78, 5) is 10.7. The SMILES string of the molecule is NCC(C(=O)O)S(=O)Cc1ccc(Cl)cc1. The highest BCUT2D eigenvalue weighted by Gasteiger charge is 2.22. The van der Waals surface area contributed by atoms with Gasteiger partial charge in [-0.25, -0.2) is 0 Å². The lowest BCUT2D eigenvalue weighted by Crippen LogP contribution is -2.34. The summed E-state index contributed by atoms with van der Waals surface area (Å²) in [5.41, 5.74) is 6.04. The zero-order valence-electron chi connectivity index (χ0n) is 8.43. The molecule has 3 N–H and O–H groups in total. The topological polar surface area (TPSA) is 80.4 Å². The van der Waals surface area contributed by atoms with Gasteiger partial charge in [0.2, 0.25) is 0 Å². The van der Waals surface area contributed by atoms with Gasteiger partial charge < -0.3 is 10.8 Å². The smallest absolute Gasteiger partial charge is 0.320 e. The van der Waals surface area contributed by atoms with E-state index in [9.17, 15) is 9.00 Å². The monoisotopic (exact) mass is 261 g/mol. The molecule has 0 aliphatic heterocycles. The van der Waals surface area contributed by atoms with Gasteiger partial charge in [0.15, 0.2) is 0 Å². The molecule has 0 amide bonds. The lowest BCUT2D eigenvalue weighted by molar-refractivity contribution is -0.136. The van der Waals surface area contributed by atoms with E-state index >= 15 is 0 Å². The molecule has 0 aliphatic rings. The van der Waals surface area contributed by atoms with Crippen LogP contribution in [0.2, 0.25) is 5.02 Å². The minimum atomic E-state index is -1.51. The van der Waals surface area contributed by atoms with Crippen molar-refractivity contribution < 1.29 is 14.1 Å². The average Bonchev–Trinajstić information content (AvgIpc) is 2.22. The molecule has 0 heterocycles. The van der Waals surface area contributed by atoms with Crippen molar-refractivity contribution in [3.05, 3.63) is 34.9 Å². The highest BCUT2D eigenvalue weighted by atomic mass is 35.5. The molecule has 0 saturated carbocycles. The second-order valence-corrected chi connectivity index (χ2v) is 5.27. The van der Waals surface area contributed by atoms with E-state index in [1.165, 1.54) is 0 Å². The van der Waals surface area contributed by atoms with Crippen molar-refractivity contribution >= 4 is 28.4 Å². The molecule has 1 aromatic rings. The van der Waals surface area contributed by atoms with Crippen LogP contribution in [0, 0.1) is 0 Å². The Morgan fingerprint density at radius 2 is 2.00 bits per heavy atom. The van der Waals surface area contributed by atoms with E-state index in [2.05, 4.69) is 0 Å². The van der Waals surface area contributed by atoms with Gasteiger partial charge in [-0.3, -0.25) is 9.00 Å². The molecule has 0 aromatic heterocycles. The Labute approximate surface area is 101 Å². The van der Waals surface area contributed by atoms with Gasteiger partial charge >= 0.3 is 5.97 Å². The summed E-state index contributed by atoms with van der Waals surface area (Å²) in [6.45, 7) is -0.129. The number of carbonyl (C=O) groups is 1. The maximum Gasteiger partial charge on any atom is 0.320 e. The van der Waals surface area contributed by atoms with Crippen LogP contribution in [-0.2, 0) is 21.3 Å². The summed E-state index contributed by atoms with van der Waals surface area (Å²) in [7, 11) is -1.51. The Bertz CT molecular complexity index is 394. The van der Waals surface area contributed by atoms with Gasteiger partial charge in [0, 0.05) is 28.1 Å². The van der Waals surface area contributed by atoms with E-state index in [0.717, 1.165) is 5.56 Å². The second kappa shape index (κ2) is 5.98. The van der Waals surface area contributed by atoms with Crippen molar-refractivity contribution in [2.75, 3.05) is 6.54 Å². The van der Waals surface area contributed by atoms with Crippen LogP contribution in [-0.4, -0.2) is 27.1 Å². The highest BCUT2D eigenvalue weighted by molar-refractivity contribution is 7.85. The van der Waals surface area contributed by atoms with Crippen LogP contribution in [0.3, 0.4) is 0 Å². The number of aliphatic carboxylic acids is 1. The van der Waals surface area contributed by atoms with Crippen LogP contribution >= 0.6 is 11.6 Å². The molecule has 2 unspecified atom stereocenters. The van der Waals surface area contributed by atoms with Gasteiger partial charge in [0.1, 0.15) is 5.25 Å². The Hall–Kier alpha value is -0.910. The van der Waals surface area contributed by atoms with Crippen molar-refractivity contribution in [3.63, 3.8) is 0 Å². The van der Waals surface area contributed by atoms with Gasteiger partial charge in [-0.2, -0.15) is 0 Å². The predicted octanol–water partition coefficient (Wildman–Crippen LogP) is 1.00. The maximum absolute atomic E-state index is 11.7. The first-order chi connectivity index (χ1) is 7.54. The molecule has 2 atom stereocenters. The van der Waals surface area contributed by atoms with Crippen molar-refractivity contribution in [1.29, 1.82) is 0 Å². The van der Waals surface area contributed by atoms with E-state index in [1.54, 1.807) is 24.3 Å². The van der Waals surface area contributed by atoms with E-state index in [1.807, 2.05) is 0 Å². The summed E-state index contributed by atoms with van der Waals surface area (Å²) in [6.07, 6.45) is 0. The molecule has 0 spiro atoms. The number of halogens is 1. The Morgan fingerprint density at radius 3 is 2.44 bits per heavy atom. The van der Waals surface area contributed by atoms with Crippen molar-refractivity contribution in [2.45, 2.75) is 11.0 Å². The van der Waals surface area contributed by atoms with Gasteiger partial charge in [-0.05, 0) is 17.7 Å². The van der Waals surface area contributed by atoms with Gasteiger partial charge in [-0.1, -0.05) is 23.7 Å². The molecule has 88 valence electrons. The molecule has 0 aliphatic carbocycles. The fraction of sp³-hybridized carbons (Fsp3) is 0.300. The number of hydrogen-bond donors (Lipinski definition) is 2.